The summed E-state index contributed by atoms with van der Waals surface area (Å²) in [5, 5.41) is 1.66. The molecule has 1 saturated heterocycles. The monoisotopic (exact) mass is 441 g/mol. The van der Waals surface area contributed by atoms with Crippen molar-refractivity contribution in [3.63, 3.8) is 0 Å². The van der Waals surface area contributed by atoms with Crippen molar-refractivity contribution in [1.82, 2.24) is 5.06 Å². The number of hydrogen-bond donors (Lipinski definition) is 0. The number of rotatable bonds is 5. The molecule has 0 saturated carbocycles. The number of fused-ring (bicyclic) bond motifs is 3. The van der Waals surface area contributed by atoms with E-state index in [4.69, 9.17) is 28.5 Å². The van der Waals surface area contributed by atoms with Gasteiger partial charge in [0.1, 0.15) is 11.9 Å². The normalized spacial score (nSPS) is 22.2. The summed E-state index contributed by atoms with van der Waals surface area (Å²) in [6.07, 6.45) is -0.469. The minimum Gasteiger partial charge on any atom is -0.497 e. The molecule has 0 spiro atoms. The summed E-state index contributed by atoms with van der Waals surface area (Å²) in [4.78, 5) is 32.5. The van der Waals surface area contributed by atoms with Gasteiger partial charge >= 0.3 is 11.9 Å². The van der Waals surface area contributed by atoms with Gasteiger partial charge < -0.3 is 23.7 Å². The summed E-state index contributed by atoms with van der Waals surface area (Å²) < 4.78 is 26.5. The zero-order valence-corrected chi connectivity index (χ0v) is 18.0. The molecule has 0 radical (unpaired) electrons. The van der Waals surface area contributed by atoms with Crippen LogP contribution in [0.25, 0.3) is 0 Å². The van der Waals surface area contributed by atoms with Gasteiger partial charge in [0.05, 0.1) is 27.4 Å². The highest BCUT2D eigenvalue weighted by Gasteiger charge is 2.65. The molecular formula is C23H23NO8. The van der Waals surface area contributed by atoms with E-state index >= 15 is 0 Å². The quantitative estimate of drug-likeness (QED) is 0.513. The van der Waals surface area contributed by atoms with Gasteiger partial charge in [-0.05, 0) is 41.0 Å². The van der Waals surface area contributed by atoms with E-state index < -0.39 is 29.5 Å². The first-order valence-electron chi connectivity index (χ1n) is 10.2. The minimum absolute atomic E-state index is 0.1000. The summed E-state index contributed by atoms with van der Waals surface area (Å²) in [7, 11) is 4.14. The van der Waals surface area contributed by atoms with Crippen molar-refractivity contribution in [3.05, 3.63) is 53.1 Å². The fourth-order valence-corrected chi connectivity index (χ4v) is 4.86. The van der Waals surface area contributed by atoms with Gasteiger partial charge in [-0.15, -0.1) is 0 Å². The Kier molecular flexibility index (Phi) is 4.94. The molecule has 168 valence electrons. The molecule has 9 heteroatoms. The lowest BCUT2D eigenvalue weighted by Gasteiger charge is -2.53. The van der Waals surface area contributed by atoms with E-state index in [-0.39, 0.29) is 13.2 Å². The van der Waals surface area contributed by atoms with Crippen LogP contribution in [0.3, 0.4) is 0 Å². The van der Waals surface area contributed by atoms with Crippen molar-refractivity contribution in [2.45, 2.75) is 25.1 Å². The molecule has 0 amide bonds. The standard InChI is InChI=1S/C23H23NO8/c1-27-14-6-4-13(5-7-14)11-24-20-16-9-18-17(30-12-31-18)8-15(16)19(32-24)10-23(20,21(25)28-2)22(26)29-3/h4-9,19-20H,10-12H2,1-3H3/t19-,20-/m1/s1. The average molecular weight is 441 g/mol. The van der Waals surface area contributed by atoms with Crippen LogP contribution in [0.2, 0.25) is 0 Å². The largest absolute Gasteiger partial charge is 0.497 e. The van der Waals surface area contributed by atoms with E-state index in [2.05, 4.69) is 0 Å². The van der Waals surface area contributed by atoms with Gasteiger partial charge in [-0.2, -0.15) is 5.06 Å². The SMILES string of the molecule is COC(=O)C1(C(=O)OC)C[C@H]2ON(Cc3ccc(OC)cc3)[C@@H]1c1cc3c(cc12)OCO3. The van der Waals surface area contributed by atoms with Crippen molar-refractivity contribution in [3.8, 4) is 17.2 Å². The number of hydrogen-bond acceptors (Lipinski definition) is 9. The second-order valence-corrected chi connectivity index (χ2v) is 7.91. The van der Waals surface area contributed by atoms with E-state index in [0.717, 1.165) is 22.4 Å². The maximum atomic E-state index is 13.1. The van der Waals surface area contributed by atoms with Gasteiger partial charge in [0, 0.05) is 13.0 Å². The zero-order chi connectivity index (χ0) is 22.5. The number of nitrogens with zero attached hydrogens (tertiary/aromatic N) is 1. The summed E-state index contributed by atoms with van der Waals surface area (Å²) >= 11 is 0. The van der Waals surface area contributed by atoms with Gasteiger partial charge in [-0.3, -0.25) is 14.4 Å². The molecular weight excluding hydrogens is 418 g/mol. The van der Waals surface area contributed by atoms with Crippen LogP contribution in [-0.4, -0.2) is 45.1 Å². The van der Waals surface area contributed by atoms with Gasteiger partial charge in [-0.1, -0.05) is 12.1 Å². The van der Waals surface area contributed by atoms with Gasteiger partial charge in [0.25, 0.3) is 0 Å². The van der Waals surface area contributed by atoms with Gasteiger partial charge in [-0.25, -0.2) is 0 Å². The summed E-state index contributed by atoms with van der Waals surface area (Å²) in [5.41, 5.74) is 0.943. The highest BCUT2D eigenvalue weighted by molar-refractivity contribution is 6.01. The predicted octanol–water partition coefficient (Wildman–Crippen LogP) is 2.69. The Balaban J connectivity index is 1.63. The van der Waals surface area contributed by atoms with Crippen molar-refractivity contribution in [1.29, 1.82) is 0 Å². The predicted molar refractivity (Wildman–Crippen MR) is 109 cm³/mol. The first-order chi connectivity index (χ1) is 15.5. The van der Waals surface area contributed by atoms with Crippen LogP contribution < -0.4 is 14.2 Å². The highest BCUT2D eigenvalue weighted by atomic mass is 16.7. The molecule has 2 aromatic carbocycles. The number of hydroxylamine groups is 2. The molecule has 6 rings (SSSR count). The minimum atomic E-state index is -1.58. The summed E-state index contributed by atoms with van der Waals surface area (Å²) in [6.45, 7) is 0.442. The number of benzene rings is 2. The lowest BCUT2D eigenvalue weighted by molar-refractivity contribution is -0.305. The number of ether oxygens (including phenoxy) is 5. The van der Waals surface area contributed by atoms with Crippen LogP contribution in [0.15, 0.2) is 36.4 Å². The van der Waals surface area contributed by atoms with E-state index in [1.165, 1.54) is 14.2 Å². The van der Waals surface area contributed by atoms with Crippen molar-refractivity contribution in [2.75, 3.05) is 28.1 Å². The third-order valence-electron chi connectivity index (χ3n) is 6.34. The molecule has 32 heavy (non-hydrogen) atoms. The fraction of sp³-hybridized carbons (Fsp3) is 0.391. The van der Waals surface area contributed by atoms with E-state index in [0.29, 0.717) is 18.0 Å². The number of carbonyl (C=O) groups is 2. The molecule has 2 bridgehead atoms. The molecule has 9 nitrogen and oxygen atoms in total. The number of carbonyl (C=O) groups excluding carboxylic acids is 2. The van der Waals surface area contributed by atoms with Crippen LogP contribution in [-0.2, 0) is 30.4 Å². The second kappa shape index (κ2) is 7.68. The Bertz CT molecular complexity index is 1050. The lowest BCUT2D eigenvalue weighted by Crippen LogP contribution is -2.59. The Morgan fingerprint density at radius 1 is 1.00 bits per heavy atom. The van der Waals surface area contributed by atoms with Crippen LogP contribution in [0.4, 0.5) is 0 Å². The molecule has 1 aliphatic carbocycles. The topological polar surface area (TPSA) is 92.8 Å². The first kappa shape index (κ1) is 20.6. The van der Waals surface area contributed by atoms with Gasteiger partial charge in [0.15, 0.2) is 16.9 Å². The van der Waals surface area contributed by atoms with E-state index in [1.807, 2.05) is 36.4 Å². The van der Waals surface area contributed by atoms with Gasteiger partial charge in [0.2, 0.25) is 6.79 Å². The third kappa shape index (κ3) is 2.92. The maximum absolute atomic E-state index is 13.1. The average Bonchev–Trinajstić information content (AvgIpc) is 3.29. The molecule has 2 aromatic rings. The van der Waals surface area contributed by atoms with E-state index in [9.17, 15) is 9.59 Å². The number of esters is 2. The van der Waals surface area contributed by atoms with Crippen LogP contribution in [0.5, 0.6) is 17.2 Å². The second-order valence-electron chi connectivity index (χ2n) is 7.91. The first-order valence-corrected chi connectivity index (χ1v) is 10.2. The molecule has 3 heterocycles. The Morgan fingerprint density at radius 3 is 2.22 bits per heavy atom. The van der Waals surface area contributed by atoms with Crippen molar-refractivity contribution in [2.24, 2.45) is 5.41 Å². The van der Waals surface area contributed by atoms with Crippen LogP contribution in [0, 0.1) is 5.41 Å². The molecule has 1 fully saturated rings. The molecule has 0 N–H and O–H groups in total. The van der Waals surface area contributed by atoms with Crippen LogP contribution in [0.1, 0.15) is 35.3 Å². The summed E-state index contributed by atoms with van der Waals surface area (Å²) in [6, 6.07) is 10.4. The fourth-order valence-electron chi connectivity index (χ4n) is 4.86. The molecule has 0 unspecified atom stereocenters. The van der Waals surface area contributed by atoms with Crippen molar-refractivity contribution >= 4 is 11.9 Å². The molecule has 4 aliphatic rings. The third-order valence-corrected chi connectivity index (χ3v) is 6.34. The Labute approximate surface area is 184 Å². The summed E-state index contributed by atoms with van der Waals surface area (Å²) in [5.74, 6) is 0.579. The lowest BCUT2D eigenvalue weighted by atomic mass is 9.65. The molecule has 3 aliphatic heterocycles. The Morgan fingerprint density at radius 2 is 1.62 bits per heavy atom. The zero-order valence-electron chi connectivity index (χ0n) is 18.0. The Hall–Kier alpha value is -3.30. The maximum Gasteiger partial charge on any atom is 0.325 e. The molecule has 2 atom stereocenters. The van der Waals surface area contributed by atoms with Crippen LogP contribution >= 0.6 is 0 Å². The molecule has 0 aromatic heterocycles. The smallest absolute Gasteiger partial charge is 0.325 e. The van der Waals surface area contributed by atoms with E-state index in [1.54, 1.807) is 12.2 Å². The highest BCUT2D eigenvalue weighted by Crippen LogP contribution is 2.60. The number of methoxy groups -OCH3 is 3. The van der Waals surface area contributed by atoms with Crippen molar-refractivity contribution < 1.29 is 38.1 Å².